The maximum absolute atomic E-state index is 5.02. The third kappa shape index (κ3) is 5.64. The van der Waals surface area contributed by atoms with Crippen molar-refractivity contribution in [3.8, 4) is 0 Å². The number of aryl methyl sites for hydroxylation is 1. The van der Waals surface area contributed by atoms with Gasteiger partial charge in [0.2, 0.25) is 0 Å². The van der Waals surface area contributed by atoms with Gasteiger partial charge in [-0.25, -0.2) is 0 Å². The van der Waals surface area contributed by atoms with Crippen LogP contribution in [-0.4, -0.2) is 26.3 Å². The highest BCUT2D eigenvalue weighted by molar-refractivity contribution is 7.11. The first-order valence-electron chi connectivity index (χ1n) is 6.00. The molecule has 1 N–H and O–H groups in total. The predicted molar refractivity (Wildman–Crippen MR) is 71.3 cm³/mol. The number of rotatable bonds is 8. The van der Waals surface area contributed by atoms with E-state index in [1.165, 1.54) is 16.2 Å². The largest absolute Gasteiger partial charge is 0.385 e. The lowest BCUT2D eigenvalue weighted by Gasteiger charge is -2.12. The van der Waals surface area contributed by atoms with Crippen LogP contribution in [0, 0.1) is 6.92 Å². The topological polar surface area (TPSA) is 21.3 Å². The number of hydrogen-bond acceptors (Lipinski definition) is 3. The van der Waals surface area contributed by atoms with E-state index in [1.807, 2.05) is 11.3 Å². The molecule has 0 saturated carbocycles. The van der Waals surface area contributed by atoms with Gasteiger partial charge in [-0.2, -0.15) is 0 Å². The van der Waals surface area contributed by atoms with Crippen molar-refractivity contribution in [2.75, 3.05) is 20.3 Å². The summed E-state index contributed by atoms with van der Waals surface area (Å²) in [5.74, 6) is 0. The minimum Gasteiger partial charge on any atom is -0.385 e. The maximum atomic E-state index is 5.02. The van der Waals surface area contributed by atoms with Crippen molar-refractivity contribution in [2.24, 2.45) is 0 Å². The lowest BCUT2D eigenvalue weighted by atomic mass is 10.2. The van der Waals surface area contributed by atoms with Gasteiger partial charge >= 0.3 is 0 Å². The van der Waals surface area contributed by atoms with Crippen LogP contribution in [0.25, 0.3) is 0 Å². The maximum Gasteiger partial charge on any atom is 0.0462 e. The van der Waals surface area contributed by atoms with Crippen molar-refractivity contribution in [1.82, 2.24) is 5.32 Å². The molecule has 0 spiro atoms. The number of unbranched alkanes of at least 4 members (excludes halogenated alkanes) is 1. The van der Waals surface area contributed by atoms with Crippen LogP contribution >= 0.6 is 11.3 Å². The summed E-state index contributed by atoms with van der Waals surface area (Å²) in [5.41, 5.74) is 0. The van der Waals surface area contributed by atoms with Crippen LogP contribution in [-0.2, 0) is 11.2 Å². The van der Waals surface area contributed by atoms with E-state index in [2.05, 4.69) is 31.3 Å². The fourth-order valence-corrected chi connectivity index (χ4v) is 2.71. The van der Waals surface area contributed by atoms with Crippen LogP contribution in [0.1, 0.15) is 29.5 Å². The molecule has 0 aromatic carbocycles. The van der Waals surface area contributed by atoms with Gasteiger partial charge in [0.15, 0.2) is 0 Å². The predicted octanol–water partition coefficient (Wildman–Crippen LogP) is 3.00. The number of ether oxygens (including phenoxy) is 1. The average molecular weight is 241 g/mol. The molecular formula is C13H23NOS. The first kappa shape index (κ1) is 13.7. The van der Waals surface area contributed by atoms with Gasteiger partial charge in [-0.3, -0.25) is 0 Å². The highest BCUT2D eigenvalue weighted by Crippen LogP contribution is 2.16. The van der Waals surface area contributed by atoms with E-state index in [1.54, 1.807) is 7.11 Å². The summed E-state index contributed by atoms with van der Waals surface area (Å²) in [5, 5.41) is 3.55. The molecule has 3 heteroatoms. The van der Waals surface area contributed by atoms with Gasteiger partial charge in [-0.15, -0.1) is 11.3 Å². The van der Waals surface area contributed by atoms with Crippen molar-refractivity contribution in [3.05, 3.63) is 21.9 Å². The molecule has 0 saturated heterocycles. The Bertz CT molecular complexity index is 285. The van der Waals surface area contributed by atoms with Crippen molar-refractivity contribution >= 4 is 11.3 Å². The molecule has 1 unspecified atom stereocenters. The Morgan fingerprint density at radius 3 is 2.81 bits per heavy atom. The van der Waals surface area contributed by atoms with Crippen LogP contribution < -0.4 is 5.32 Å². The summed E-state index contributed by atoms with van der Waals surface area (Å²) in [7, 11) is 1.76. The normalized spacial score (nSPS) is 12.9. The highest BCUT2D eigenvalue weighted by Gasteiger charge is 2.04. The standard InChI is InChI=1S/C13H23NOS/c1-11(14-8-4-5-9-15-3)10-13-7-6-12(2)16-13/h6-7,11,14H,4-5,8-10H2,1-3H3. The Balaban J connectivity index is 2.09. The Labute approximate surface area is 103 Å². The fourth-order valence-electron chi connectivity index (χ4n) is 1.69. The fraction of sp³-hybridized carbons (Fsp3) is 0.692. The van der Waals surface area contributed by atoms with E-state index in [4.69, 9.17) is 4.74 Å². The van der Waals surface area contributed by atoms with Crippen molar-refractivity contribution in [2.45, 2.75) is 39.2 Å². The summed E-state index contributed by atoms with van der Waals surface area (Å²) < 4.78 is 5.02. The van der Waals surface area contributed by atoms with E-state index in [0.29, 0.717) is 6.04 Å². The molecule has 1 aromatic rings. The second-order valence-corrected chi connectivity index (χ2v) is 5.64. The van der Waals surface area contributed by atoms with Gasteiger partial charge in [0.05, 0.1) is 0 Å². The highest BCUT2D eigenvalue weighted by atomic mass is 32.1. The van der Waals surface area contributed by atoms with Gasteiger partial charge in [0.25, 0.3) is 0 Å². The Kier molecular flexibility index (Phi) is 6.69. The van der Waals surface area contributed by atoms with Crippen molar-refractivity contribution < 1.29 is 4.74 Å². The molecule has 0 aliphatic rings. The number of thiophene rings is 1. The Hall–Kier alpha value is -0.380. The van der Waals surface area contributed by atoms with Gasteiger partial charge < -0.3 is 10.1 Å². The lowest BCUT2D eigenvalue weighted by Crippen LogP contribution is -2.28. The molecule has 2 nitrogen and oxygen atoms in total. The monoisotopic (exact) mass is 241 g/mol. The number of methoxy groups -OCH3 is 1. The second-order valence-electron chi connectivity index (χ2n) is 4.27. The third-order valence-electron chi connectivity index (χ3n) is 2.57. The van der Waals surface area contributed by atoms with Crippen molar-refractivity contribution in [3.63, 3.8) is 0 Å². The molecule has 0 fully saturated rings. The summed E-state index contributed by atoms with van der Waals surface area (Å²) >= 11 is 1.90. The zero-order valence-corrected chi connectivity index (χ0v) is 11.4. The third-order valence-corrected chi connectivity index (χ3v) is 3.59. The summed E-state index contributed by atoms with van der Waals surface area (Å²) in [6, 6.07) is 5.01. The zero-order chi connectivity index (χ0) is 11.8. The molecule has 16 heavy (non-hydrogen) atoms. The molecule has 0 bridgehead atoms. The smallest absolute Gasteiger partial charge is 0.0462 e. The van der Waals surface area contributed by atoms with Gasteiger partial charge in [-0.05, 0) is 51.8 Å². The van der Waals surface area contributed by atoms with E-state index in [0.717, 1.165) is 26.0 Å². The van der Waals surface area contributed by atoms with E-state index in [-0.39, 0.29) is 0 Å². The van der Waals surface area contributed by atoms with Crippen LogP contribution in [0.4, 0.5) is 0 Å². The van der Waals surface area contributed by atoms with Crippen LogP contribution in [0.5, 0.6) is 0 Å². The molecule has 92 valence electrons. The number of hydrogen-bond donors (Lipinski definition) is 1. The van der Waals surface area contributed by atoms with E-state index < -0.39 is 0 Å². The summed E-state index contributed by atoms with van der Waals surface area (Å²) in [6.45, 7) is 6.39. The molecule has 0 aliphatic heterocycles. The average Bonchev–Trinajstić information content (AvgIpc) is 2.63. The SMILES string of the molecule is COCCCCNC(C)Cc1ccc(C)s1. The van der Waals surface area contributed by atoms with Gasteiger partial charge in [-0.1, -0.05) is 0 Å². The molecule has 0 aliphatic carbocycles. The summed E-state index contributed by atoms with van der Waals surface area (Å²) in [6.07, 6.45) is 3.48. The molecular weight excluding hydrogens is 218 g/mol. The Morgan fingerprint density at radius 1 is 1.38 bits per heavy atom. The second kappa shape index (κ2) is 7.82. The minimum atomic E-state index is 0.570. The number of nitrogens with one attached hydrogen (secondary N) is 1. The summed E-state index contributed by atoms with van der Waals surface area (Å²) in [4.78, 5) is 2.89. The van der Waals surface area contributed by atoms with Crippen LogP contribution in [0.2, 0.25) is 0 Å². The van der Waals surface area contributed by atoms with Gasteiger partial charge in [0.1, 0.15) is 0 Å². The van der Waals surface area contributed by atoms with E-state index >= 15 is 0 Å². The van der Waals surface area contributed by atoms with Gasteiger partial charge in [0, 0.05) is 29.5 Å². The first-order valence-corrected chi connectivity index (χ1v) is 6.81. The Morgan fingerprint density at radius 2 is 2.19 bits per heavy atom. The quantitative estimate of drug-likeness (QED) is 0.706. The molecule has 0 amide bonds. The molecule has 0 radical (unpaired) electrons. The van der Waals surface area contributed by atoms with Crippen LogP contribution in [0.3, 0.4) is 0 Å². The lowest BCUT2D eigenvalue weighted by molar-refractivity contribution is 0.192. The first-order chi connectivity index (χ1) is 7.72. The molecule has 1 heterocycles. The molecule has 1 aromatic heterocycles. The zero-order valence-electron chi connectivity index (χ0n) is 10.6. The molecule has 1 rings (SSSR count). The van der Waals surface area contributed by atoms with Crippen LogP contribution in [0.15, 0.2) is 12.1 Å². The molecule has 1 atom stereocenters. The van der Waals surface area contributed by atoms with Crippen molar-refractivity contribution in [1.29, 1.82) is 0 Å². The minimum absolute atomic E-state index is 0.570. The van der Waals surface area contributed by atoms with E-state index in [9.17, 15) is 0 Å².